The van der Waals surface area contributed by atoms with Crippen LogP contribution >= 0.6 is 0 Å². The molecule has 1 amide bonds. The zero-order chi connectivity index (χ0) is 19.1. The summed E-state index contributed by atoms with van der Waals surface area (Å²) in [6.07, 6.45) is -3.55. The maximum Gasteiger partial charge on any atom is 0.394 e. The number of carbonyl (C=O) groups is 2. The van der Waals surface area contributed by atoms with Gasteiger partial charge in [0.05, 0.1) is 30.2 Å². The van der Waals surface area contributed by atoms with E-state index in [0.29, 0.717) is 11.5 Å². The molecule has 2 aromatic rings. The third kappa shape index (κ3) is 3.44. The molecule has 10 heteroatoms. The van der Waals surface area contributed by atoms with Crippen LogP contribution in [0.5, 0.6) is 0 Å². The molecular formula is C16H15F3N2O5. The van der Waals surface area contributed by atoms with Crippen LogP contribution in [-0.4, -0.2) is 46.1 Å². The molecule has 0 saturated carbocycles. The summed E-state index contributed by atoms with van der Waals surface area (Å²) in [5.74, 6) is -5.10. The Morgan fingerprint density at radius 1 is 1.38 bits per heavy atom. The molecule has 2 aromatic heterocycles. The quantitative estimate of drug-likeness (QED) is 0.886. The third-order valence-corrected chi connectivity index (χ3v) is 4.35. The van der Waals surface area contributed by atoms with Gasteiger partial charge in [-0.2, -0.15) is 13.2 Å². The predicted molar refractivity (Wildman–Crippen MR) is 79.9 cm³/mol. The number of aliphatic carboxylic acids is 1. The first-order valence-electron chi connectivity index (χ1n) is 7.74. The Kier molecular flexibility index (Phi) is 4.51. The van der Waals surface area contributed by atoms with Crippen LogP contribution in [0.3, 0.4) is 0 Å². The van der Waals surface area contributed by atoms with Crippen LogP contribution < -0.4 is 0 Å². The molecule has 0 radical (unpaired) electrons. The van der Waals surface area contributed by atoms with Gasteiger partial charge in [0.15, 0.2) is 5.76 Å². The number of halogens is 3. The molecule has 1 fully saturated rings. The highest BCUT2D eigenvalue weighted by atomic mass is 19.4. The highest BCUT2D eigenvalue weighted by Gasteiger charge is 2.53. The van der Waals surface area contributed by atoms with E-state index in [9.17, 15) is 22.8 Å². The molecule has 140 valence electrons. The molecule has 1 aliphatic heterocycles. The SMILES string of the molecule is Cc1oc(-c2ccco2)nc1CC(=O)N1C[C@@H](C(F)(F)F)[C@H](C(=O)O)C1. The molecule has 0 aliphatic carbocycles. The van der Waals surface area contributed by atoms with E-state index in [1.807, 2.05) is 0 Å². The van der Waals surface area contributed by atoms with Gasteiger partial charge in [0, 0.05) is 13.1 Å². The molecule has 0 spiro atoms. The molecular weight excluding hydrogens is 357 g/mol. The number of amides is 1. The molecule has 1 aliphatic rings. The maximum atomic E-state index is 13.0. The number of hydrogen-bond donors (Lipinski definition) is 1. The van der Waals surface area contributed by atoms with Crippen LogP contribution in [-0.2, 0) is 16.0 Å². The number of carboxylic acids is 1. The van der Waals surface area contributed by atoms with E-state index in [1.165, 1.54) is 6.26 Å². The van der Waals surface area contributed by atoms with Gasteiger partial charge in [-0.1, -0.05) is 0 Å². The second-order valence-electron chi connectivity index (χ2n) is 6.07. The Balaban J connectivity index is 1.74. The van der Waals surface area contributed by atoms with Crippen LogP contribution in [0, 0.1) is 18.8 Å². The molecule has 1 saturated heterocycles. The van der Waals surface area contributed by atoms with Crippen molar-refractivity contribution in [1.82, 2.24) is 9.88 Å². The minimum absolute atomic E-state index is 0.160. The average Bonchev–Trinajstić information content (AvgIpc) is 3.25. The summed E-state index contributed by atoms with van der Waals surface area (Å²) in [7, 11) is 0. The molecule has 0 aromatic carbocycles. The van der Waals surface area contributed by atoms with Crippen LogP contribution in [0.2, 0.25) is 0 Å². The summed E-state index contributed by atoms with van der Waals surface area (Å²) in [6.45, 7) is 0.409. The van der Waals surface area contributed by atoms with Gasteiger partial charge in [-0.15, -0.1) is 0 Å². The van der Waals surface area contributed by atoms with Crippen molar-refractivity contribution in [3.63, 3.8) is 0 Å². The van der Waals surface area contributed by atoms with Crippen LogP contribution in [0.1, 0.15) is 11.5 Å². The lowest BCUT2D eigenvalue weighted by Crippen LogP contribution is -2.34. The van der Waals surface area contributed by atoms with Crippen LogP contribution in [0.15, 0.2) is 27.2 Å². The van der Waals surface area contributed by atoms with Crippen molar-refractivity contribution in [3.05, 3.63) is 29.9 Å². The number of carboxylic acid groups (broad SMARTS) is 1. The zero-order valence-electron chi connectivity index (χ0n) is 13.6. The number of carbonyl (C=O) groups excluding carboxylic acids is 1. The largest absolute Gasteiger partial charge is 0.481 e. The van der Waals surface area contributed by atoms with E-state index in [0.717, 1.165) is 4.90 Å². The molecule has 7 nitrogen and oxygen atoms in total. The Morgan fingerprint density at radius 2 is 2.12 bits per heavy atom. The normalized spacial score (nSPS) is 20.5. The summed E-state index contributed by atoms with van der Waals surface area (Å²) in [6, 6.07) is 3.25. The Hall–Kier alpha value is -2.78. The molecule has 3 heterocycles. The van der Waals surface area contributed by atoms with Gasteiger partial charge in [0.25, 0.3) is 5.89 Å². The topological polar surface area (TPSA) is 96.8 Å². The van der Waals surface area contributed by atoms with Gasteiger partial charge >= 0.3 is 12.1 Å². The van der Waals surface area contributed by atoms with Gasteiger partial charge in [0.1, 0.15) is 5.76 Å². The molecule has 3 rings (SSSR count). The Bertz CT molecular complexity index is 812. The number of rotatable bonds is 4. The average molecular weight is 372 g/mol. The van der Waals surface area contributed by atoms with E-state index < -0.39 is 43.0 Å². The lowest BCUT2D eigenvalue weighted by atomic mass is 9.96. The van der Waals surface area contributed by atoms with Gasteiger partial charge in [0.2, 0.25) is 5.91 Å². The molecule has 26 heavy (non-hydrogen) atoms. The fourth-order valence-corrected chi connectivity index (χ4v) is 2.94. The van der Waals surface area contributed by atoms with Gasteiger partial charge < -0.3 is 18.8 Å². The minimum Gasteiger partial charge on any atom is -0.481 e. The summed E-state index contributed by atoms with van der Waals surface area (Å²) in [5, 5.41) is 9.01. The van der Waals surface area contributed by atoms with E-state index in [4.69, 9.17) is 13.9 Å². The van der Waals surface area contributed by atoms with Crippen molar-refractivity contribution in [1.29, 1.82) is 0 Å². The fraction of sp³-hybridized carbons (Fsp3) is 0.438. The summed E-state index contributed by atoms with van der Waals surface area (Å²) < 4.78 is 49.6. The lowest BCUT2D eigenvalue weighted by molar-refractivity contribution is -0.188. The number of aromatic nitrogens is 1. The van der Waals surface area contributed by atoms with Gasteiger partial charge in [-0.05, 0) is 19.1 Å². The lowest BCUT2D eigenvalue weighted by Gasteiger charge is -2.18. The van der Waals surface area contributed by atoms with Crippen LogP contribution in [0.4, 0.5) is 13.2 Å². The highest BCUT2D eigenvalue weighted by Crippen LogP contribution is 2.38. The van der Waals surface area contributed by atoms with Crippen molar-refractivity contribution >= 4 is 11.9 Å². The first-order valence-corrected chi connectivity index (χ1v) is 7.74. The van der Waals surface area contributed by atoms with E-state index >= 15 is 0 Å². The van der Waals surface area contributed by atoms with E-state index in [-0.39, 0.29) is 18.0 Å². The molecule has 0 unspecified atom stereocenters. The standard InChI is InChI=1S/C16H15F3N2O5/c1-8-11(20-14(26-8)12-3-2-4-25-12)5-13(22)21-6-9(15(23)24)10(7-21)16(17,18)19/h2-4,9-10H,5-7H2,1H3,(H,23,24)/t9-,10-/m1/s1. The number of furan rings is 1. The van der Waals surface area contributed by atoms with E-state index in [1.54, 1.807) is 19.1 Å². The fourth-order valence-electron chi connectivity index (χ4n) is 2.94. The number of hydrogen-bond acceptors (Lipinski definition) is 5. The van der Waals surface area contributed by atoms with Crippen molar-refractivity contribution in [2.24, 2.45) is 11.8 Å². The summed E-state index contributed by atoms with van der Waals surface area (Å²) >= 11 is 0. The third-order valence-electron chi connectivity index (χ3n) is 4.35. The van der Waals surface area contributed by atoms with Crippen LogP contribution in [0.25, 0.3) is 11.7 Å². The highest BCUT2D eigenvalue weighted by molar-refractivity contribution is 5.81. The van der Waals surface area contributed by atoms with Crippen molar-refractivity contribution in [2.75, 3.05) is 13.1 Å². The Morgan fingerprint density at radius 3 is 2.65 bits per heavy atom. The second-order valence-corrected chi connectivity index (χ2v) is 6.07. The molecule has 0 bridgehead atoms. The number of nitrogens with zero attached hydrogens (tertiary/aromatic N) is 2. The summed E-state index contributed by atoms with van der Waals surface area (Å²) in [5.41, 5.74) is 0.267. The number of oxazole rings is 1. The first-order chi connectivity index (χ1) is 12.2. The number of aryl methyl sites for hydroxylation is 1. The predicted octanol–water partition coefficient (Wildman–Crippen LogP) is 2.51. The van der Waals surface area contributed by atoms with E-state index in [2.05, 4.69) is 4.98 Å². The van der Waals surface area contributed by atoms with Crippen molar-refractivity contribution in [2.45, 2.75) is 19.5 Å². The first kappa shape index (κ1) is 18.0. The minimum atomic E-state index is -4.69. The van der Waals surface area contributed by atoms with Crippen molar-refractivity contribution < 1.29 is 36.7 Å². The zero-order valence-corrected chi connectivity index (χ0v) is 13.6. The smallest absolute Gasteiger partial charge is 0.394 e. The van der Waals surface area contributed by atoms with Crippen molar-refractivity contribution in [3.8, 4) is 11.7 Å². The molecule has 1 N–H and O–H groups in total. The second kappa shape index (κ2) is 6.50. The Labute approximate surface area is 145 Å². The molecule has 2 atom stereocenters. The number of likely N-dealkylation sites (tertiary alicyclic amines) is 1. The van der Waals surface area contributed by atoms with Gasteiger partial charge in [-0.25, -0.2) is 4.98 Å². The monoisotopic (exact) mass is 372 g/mol. The van der Waals surface area contributed by atoms with Gasteiger partial charge in [-0.3, -0.25) is 9.59 Å². The number of alkyl halides is 3. The summed E-state index contributed by atoms with van der Waals surface area (Å²) in [4.78, 5) is 28.5. The maximum absolute atomic E-state index is 13.0.